The standard InChI is InChI=1S/C27H25NO4/c1-18(26(30)28-24-17-9-13-19-10-5-6-14-21(19)24)32-27(31)23-16-8-7-15-22(23)25(29)20-11-3-2-4-12-20/h2-8,10-12,14-16,18,24H,9,13,17H2,1H3,(H,28,30). The Labute approximate surface area is 187 Å². The van der Waals surface area contributed by atoms with Crippen LogP contribution in [0.25, 0.3) is 0 Å². The van der Waals surface area contributed by atoms with Gasteiger partial charge in [-0.1, -0.05) is 72.8 Å². The smallest absolute Gasteiger partial charge is 0.339 e. The Balaban J connectivity index is 1.46. The molecular weight excluding hydrogens is 402 g/mol. The van der Waals surface area contributed by atoms with Gasteiger partial charge in [-0.25, -0.2) is 4.79 Å². The van der Waals surface area contributed by atoms with Crippen LogP contribution in [-0.2, 0) is 16.0 Å². The van der Waals surface area contributed by atoms with Crippen LogP contribution in [0.15, 0.2) is 78.9 Å². The zero-order valence-electron chi connectivity index (χ0n) is 17.9. The summed E-state index contributed by atoms with van der Waals surface area (Å²) in [6, 6.07) is 23.2. The fourth-order valence-electron chi connectivity index (χ4n) is 4.07. The average molecular weight is 428 g/mol. The lowest BCUT2D eigenvalue weighted by molar-refractivity contribution is -0.130. The van der Waals surface area contributed by atoms with Gasteiger partial charge in [-0.2, -0.15) is 0 Å². The molecule has 1 N–H and O–H groups in total. The van der Waals surface area contributed by atoms with Crippen LogP contribution in [0, 0.1) is 0 Å². The predicted molar refractivity (Wildman–Crippen MR) is 121 cm³/mol. The molecule has 32 heavy (non-hydrogen) atoms. The molecular formula is C27H25NO4. The number of hydrogen-bond acceptors (Lipinski definition) is 4. The van der Waals surface area contributed by atoms with Crippen LogP contribution in [0.3, 0.4) is 0 Å². The lowest BCUT2D eigenvalue weighted by atomic mass is 9.87. The van der Waals surface area contributed by atoms with Gasteiger partial charge in [0.25, 0.3) is 5.91 Å². The Bertz CT molecular complexity index is 1140. The van der Waals surface area contributed by atoms with Crippen LogP contribution in [0.4, 0.5) is 0 Å². The summed E-state index contributed by atoms with van der Waals surface area (Å²) < 4.78 is 5.45. The summed E-state index contributed by atoms with van der Waals surface area (Å²) in [5.74, 6) is -1.32. The number of esters is 1. The van der Waals surface area contributed by atoms with E-state index < -0.39 is 12.1 Å². The maximum atomic E-state index is 12.9. The molecule has 3 aromatic rings. The Kier molecular flexibility index (Phi) is 6.45. The van der Waals surface area contributed by atoms with Crippen molar-refractivity contribution in [1.82, 2.24) is 5.32 Å². The molecule has 5 heteroatoms. The number of carbonyl (C=O) groups is 3. The molecule has 0 heterocycles. The average Bonchev–Trinajstić information content (AvgIpc) is 2.84. The zero-order valence-corrected chi connectivity index (χ0v) is 17.9. The number of aryl methyl sites for hydroxylation is 1. The van der Waals surface area contributed by atoms with Gasteiger partial charge >= 0.3 is 5.97 Å². The number of carbonyl (C=O) groups excluding carboxylic acids is 3. The van der Waals surface area contributed by atoms with Gasteiger partial charge in [0.2, 0.25) is 0 Å². The number of benzene rings is 3. The SMILES string of the molecule is CC(OC(=O)c1ccccc1C(=O)c1ccccc1)C(=O)NC1CCCc2ccccc21. The molecule has 4 rings (SSSR count). The number of nitrogens with one attached hydrogen (secondary N) is 1. The summed E-state index contributed by atoms with van der Waals surface area (Å²) >= 11 is 0. The van der Waals surface area contributed by atoms with Gasteiger partial charge in [0.1, 0.15) is 0 Å². The molecule has 1 aliphatic rings. The van der Waals surface area contributed by atoms with E-state index >= 15 is 0 Å². The third kappa shape index (κ3) is 4.62. The zero-order chi connectivity index (χ0) is 22.5. The third-order valence-electron chi connectivity index (χ3n) is 5.77. The van der Waals surface area contributed by atoms with E-state index in [0.29, 0.717) is 5.56 Å². The highest BCUT2D eigenvalue weighted by molar-refractivity contribution is 6.14. The summed E-state index contributed by atoms with van der Waals surface area (Å²) in [7, 11) is 0. The molecule has 2 atom stereocenters. The monoisotopic (exact) mass is 427 g/mol. The summed E-state index contributed by atoms with van der Waals surface area (Å²) in [6.07, 6.45) is 1.85. The van der Waals surface area contributed by atoms with Crippen LogP contribution >= 0.6 is 0 Å². The van der Waals surface area contributed by atoms with Crippen molar-refractivity contribution >= 4 is 17.7 Å². The highest BCUT2D eigenvalue weighted by Gasteiger charge is 2.27. The number of fused-ring (bicyclic) bond motifs is 1. The van der Waals surface area contributed by atoms with Gasteiger partial charge in [0.05, 0.1) is 11.6 Å². The number of hydrogen-bond donors (Lipinski definition) is 1. The summed E-state index contributed by atoms with van der Waals surface area (Å²) in [5.41, 5.74) is 3.22. The maximum Gasteiger partial charge on any atom is 0.339 e. The van der Waals surface area contributed by atoms with Crippen LogP contribution in [-0.4, -0.2) is 23.8 Å². The van der Waals surface area contributed by atoms with Gasteiger partial charge in [-0.3, -0.25) is 9.59 Å². The molecule has 2 unspecified atom stereocenters. The molecule has 0 aromatic heterocycles. The van der Waals surface area contributed by atoms with Crippen LogP contribution in [0.5, 0.6) is 0 Å². The van der Waals surface area contributed by atoms with E-state index in [1.54, 1.807) is 55.5 Å². The van der Waals surface area contributed by atoms with Crippen molar-refractivity contribution in [1.29, 1.82) is 0 Å². The molecule has 0 radical (unpaired) electrons. The van der Waals surface area contributed by atoms with Crippen LogP contribution < -0.4 is 5.32 Å². The van der Waals surface area contributed by atoms with E-state index in [2.05, 4.69) is 11.4 Å². The topological polar surface area (TPSA) is 72.5 Å². The quantitative estimate of drug-likeness (QED) is 0.459. The molecule has 0 saturated heterocycles. The lowest BCUT2D eigenvalue weighted by Gasteiger charge is -2.27. The Hall–Kier alpha value is -3.73. The summed E-state index contributed by atoms with van der Waals surface area (Å²) in [5, 5.41) is 3.01. The van der Waals surface area contributed by atoms with E-state index in [1.165, 1.54) is 5.56 Å². The first-order valence-corrected chi connectivity index (χ1v) is 10.8. The highest BCUT2D eigenvalue weighted by atomic mass is 16.5. The molecule has 5 nitrogen and oxygen atoms in total. The van der Waals surface area contributed by atoms with Gasteiger partial charge in [0, 0.05) is 11.1 Å². The minimum atomic E-state index is -0.989. The normalized spacial score (nSPS) is 15.8. The molecule has 0 aliphatic heterocycles. The van der Waals surface area contributed by atoms with Crippen molar-refractivity contribution in [2.75, 3.05) is 0 Å². The number of amides is 1. The fraction of sp³-hybridized carbons (Fsp3) is 0.222. The highest BCUT2D eigenvalue weighted by Crippen LogP contribution is 2.29. The minimum Gasteiger partial charge on any atom is -0.449 e. The van der Waals surface area contributed by atoms with Crippen molar-refractivity contribution in [3.63, 3.8) is 0 Å². The molecule has 0 spiro atoms. The number of ketones is 1. The molecule has 0 fully saturated rings. The second kappa shape index (κ2) is 9.60. The fourth-order valence-corrected chi connectivity index (χ4v) is 4.07. The second-order valence-corrected chi connectivity index (χ2v) is 7.94. The van der Waals surface area contributed by atoms with Gasteiger partial charge in [-0.05, 0) is 43.4 Å². The maximum absolute atomic E-state index is 12.9. The van der Waals surface area contributed by atoms with E-state index in [0.717, 1.165) is 24.8 Å². The second-order valence-electron chi connectivity index (χ2n) is 7.94. The van der Waals surface area contributed by atoms with E-state index in [1.807, 2.05) is 24.3 Å². The largest absolute Gasteiger partial charge is 0.449 e. The first kappa shape index (κ1) is 21.5. The first-order chi connectivity index (χ1) is 15.5. The summed E-state index contributed by atoms with van der Waals surface area (Å²) in [4.78, 5) is 38.5. The first-order valence-electron chi connectivity index (χ1n) is 10.8. The Morgan fingerprint density at radius 2 is 1.53 bits per heavy atom. The van der Waals surface area contributed by atoms with Gasteiger partial charge < -0.3 is 10.1 Å². The van der Waals surface area contributed by atoms with E-state index in [-0.39, 0.29) is 28.9 Å². The number of ether oxygens (including phenoxy) is 1. The van der Waals surface area contributed by atoms with Crippen molar-refractivity contribution in [3.8, 4) is 0 Å². The molecule has 0 bridgehead atoms. The number of rotatable bonds is 6. The summed E-state index contributed by atoms with van der Waals surface area (Å²) in [6.45, 7) is 1.55. The Morgan fingerprint density at radius 3 is 2.31 bits per heavy atom. The third-order valence-corrected chi connectivity index (χ3v) is 5.77. The molecule has 1 amide bonds. The van der Waals surface area contributed by atoms with Crippen molar-refractivity contribution in [2.24, 2.45) is 0 Å². The van der Waals surface area contributed by atoms with Crippen molar-refractivity contribution < 1.29 is 19.1 Å². The van der Waals surface area contributed by atoms with E-state index in [9.17, 15) is 14.4 Å². The Morgan fingerprint density at radius 1 is 0.875 bits per heavy atom. The van der Waals surface area contributed by atoms with E-state index in [4.69, 9.17) is 4.74 Å². The molecule has 1 aliphatic carbocycles. The van der Waals surface area contributed by atoms with Crippen molar-refractivity contribution in [3.05, 3.63) is 107 Å². The van der Waals surface area contributed by atoms with Crippen LogP contribution in [0.2, 0.25) is 0 Å². The molecule has 162 valence electrons. The van der Waals surface area contributed by atoms with Gasteiger partial charge in [-0.15, -0.1) is 0 Å². The lowest BCUT2D eigenvalue weighted by Crippen LogP contribution is -2.39. The molecule has 3 aromatic carbocycles. The van der Waals surface area contributed by atoms with Crippen LogP contribution in [0.1, 0.15) is 63.2 Å². The predicted octanol–water partition coefficient (Wildman–Crippen LogP) is 4.66. The van der Waals surface area contributed by atoms with Crippen molar-refractivity contribution in [2.45, 2.75) is 38.3 Å². The minimum absolute atomic E-state index is 0.0967. The molecule has 0 saturated carbocycles. The van der Waals surface area contributed by atoms with Gasteiger partial charge in [0.15, 0.2) is 11.9 Å².